The number of carbonyl (C=O) groups is 4. The summed E-state index contributed by atoms with van der Waals surface area (Å²) in [6.07, 6.45) is -0.692. The first-order valence-electron chi connectivity index (χ1n) is 11.4. The van der Waals surface area contributed by atoms with Crippen molar-refractivity contribution in [1.29, 1.82) is 0 Å². The van der Waals surface area contributed by atoms with Gasteiger partial charge in [0.15, 0.2) is 0 Å². The van der Waals surface area contributed by atoms with Crippen LogP contribution in [0.25, 0.3) is 0 Å². The van der Waals surface area contributed by atoms with Crippen LogP contribution in [0.5, 0.6) is 0 Å². The minimum absolute atomic E-state index is 0.101. The highest BCUT2D eigenvalue weighted by Crippen LogP contribution is 2.11. The van der Waals surface area contributed by atoms with Gasteiger partial charge in [-0.05, 0) is 53.4 Å². The van der Waals surface area contributed by atoms with Gasteiger partial charge < -0.3 is 29.6 Å². The molecule has 0 aromatic heterocycles. The lowest BCUT2D eigenvalue weighted by molar-refractivity contribution is -0.144. The first-order valence-corrected chi connectivity index (χ1v) is 11.4. The first-order chi connectivity index (χ1) is 15.4. The average Bonchev–Trinajstić information content (AvgIpc) is 2.63. The molecule has 0 aromatic rings. The predicted molar refractivity (Wildman–Crippen MR) is 127 cm³/mol. The molecule has 2 atom stereocenters. The van der Waals surface area contributed by atoms with Crippen molar-refractivity contribution < 1.29 is 38.1 Å². The number of ether oxygens (including phenoxy) is 4. The molecule has 10 heteroatoms. The molecule has 0 saturated carbocycles. The van der Waals surface area contributed by atoms with Crippen molar-refractivity contribution >= 4 is 24.1 Å². The van der Waals surface area contributed by atoms with Crippen molar-refractivity contribution in [2.75, 3.05) is 13.2 Å². The van der Waals surface area contributed by atoms with E-state index in [9.17, 15) is 19.2 Å². The Morgan fingerprint density at radius 3 is 1.18 bits per heavy atom. The van der Waals surface area contributed by atoms with Crippen molar-refractivity contribution in [3.8, 4) is 0 Å². The Labute approximate surface area is 203 Å². The van der Waals surface area contributed by atoms with Crippen molar-refractivity contribution in [3.63, 3.8) is 0 Å². The number of carbonyl (C=O) groups excluding carboxylic acids is 4. The Hall–Kier alpha value is -2.78. The van der Waals surface area contributed by atoms with Gasteiger partial charge in [-0.3, -0.25) is 0 Å². The maximum Gasteiger partial charge on any atom is 0.407 e. The molecule has 34 heavy (non-hydrogen) atoms. The zero-order chi connectivity index (χ0) is 26.7. The molecule has 0 bridgehead atoms. The summed E-state index contributed by atoms with van der Waals surface area (Å²) >= 11 is 0. The van der Waals surface area contributed by atoms with E-state index in [1.165, 1.54) is 0 Å². The summed E-state index contributed by atoms with van der Waals surface area (Å²) in [4.78, 5) is 47.8. The number of alkyl carbamates (subject to hydrolysis) is 2. The molecule has 0 aliphatic heterocycles. The van der Waals surface area contributed by atoms with Crippen molar-refractivity contribution in [2.24, 2.45) is 11.8 Å². The Balaban J connectivity index is 4.64. The molecule has 196 valence electrons. The number of rotatable bonds is 10. The molecule has 2 N–H and O–H groups in total. The van der Waals surface area contributed by atoms with E-state index in [1.54, 1.807) is 0 Å². The van der Waals surface area contributed by atoms with E-state index in [2.05, 4.69) is 10.6 Å². The fourth-order valence-corrected chi connectivity index (χ4v) is 2.23. The third-order valence-corrected chi connectivity index (χ3v) is 4.09. The van der Waals surface area contributed by atoms with Gasteiger partial charge in [-0.15, -0.1) is 0 Å². The number of esters is 2. The summed E-state index contributed by atoms with van der Waals surface area (Å²) in [6, 6.07) is 0. The lowest BCUT2D eigenvalue weighted by atomic mass is 10.1. The molecule has 0 unspecified atom stereocenters. The van der Waals surface area contributed by atoms with Gasteiger partial charge in [0.25, 0.3) is 0 Å². The molecule has 10 nitrogen and oxygen atoms in total. The van der Waals surface area contributed by atoms with E-state index in [0.717, 1.165) is 12.2 Å². The Morgan fingerprint density at radius 2 is 0.941 bits per heavy atom. The average molecular weight is 487 g/mol. The van der Waals surface area contributed by atoms with Gasteiger partial charge in [-0.25, -0.2) is 19.2 Å². The fourth-order valence-electron chi connectivity index (χ4n) is 2.23. The lowest BCUT2D eigenvalue weighted by Gasteiger charge is -2.25. The van der Waals surface area contributed by atoms with Gasteiger partial charge in [0.1, 0.15) is 25.4 Å². The van der Waals surface area contributed by atoms with Crippen LogP contribution in [0.1, 0.15) is 69.2 Å². The lowest BCUT2D eigenvalue weighted by Crippen LogP contribution is -2.44. The monoisotopic (exact) mass is 486 g/mol. The second-order valence-corrected chi connectivity index (χ2v) is 10.7. The number of hydrogen-bond acceptors (Lipinski definition) is 8. The van der Waals surface area contributed by atoms with E-state index in [1.807, 2.05) is 69.2 Å². The zero-order valence-electron chi connectivity index (χ0n) is 22.1. The zero-order valence-corrected chi connectivity index (χ0v) is 22.1. The Bertz CT molecular complexity index is 657. The van der Waals surface area contributed by atoms with E-state index >= 15 is 0 Å². The van der Waals surface area contributed by atoms with Crippen LogP contribution < -0.4 is 10.6 Å². The van der Waals surface area contributed by atoms with Crippen LogP contribution in [-0.4, -0.2) is 60.6 Å². The van der Waals surface area contributed by atoms with Crippen LogP contribution in [-0.2, 0) is 28.5 Å². The highest BCUT2D eigenvalue weighted by Gasteiger charge is 2.24. The quantitative estimate of drug-likeness (QED) is 0.271. The SMILES string of the molecule is CC(C)[C@H](COC(=O)/C=C/C(=O)OC[C@H](OC(=O)NC(C)(C)C)C(C)C)OC(=O)NC(C)(C)C. The molecule has 0 spiro atoms. The van der Waals surface area contributed by atoms with Gasteiger partial charge in [-0.1, -0.05) is 27.7 Å². The summed E-state index contributed by atoms with van der Waals surface area (Å²) in [5.41, 5.74) is -0.928. The molecule has 0 heterocycles. The Morgan fingerprint density at radius 1 is 0.647 bits per heavy atom. The van der Waals surface area contributed by atoms with Crippen LogP contribution in [0.3, 0.4) is 0 Å². The first kappa shape index (κ1) is 31.2. The van der Waals surface area contributed by atoms with Gasteiger partial charge in [-0.2, -0.15) is 0 Å². The molecule has 0 aliphatic carbocycles. The summed E-state index contributed by atoms with van der Waals surface area (Å²) in [7, 11) is 0. The summed E-state index contributed by atoms with van der Waals surface area (Å²) in [6.45, 7) is 17.9. The van der Waals surface area contributed by atoms with E-state index in [0.29, 0.717) is 0 Å². The second kappa shape index (κ2) is 13.8. The van der Waals surface area contributed by atoms with Crippen LogP contribution in [0.15, 0.2) is 12.2 Å². The third-order valence-electron chi connectivity index (χ3n) is 4.09. The van der Waals surface area contributed by atoms with Gasteiger partial charge in [0, 0.05) is 23.2 Å². The standard InChI is InChI=1S/C24H42N2O8/c1-15(2)17(33-21(29)25-23(5,6)7)13-31-19(27)11-12-20(28)32-14-18(16(3)4)34-22(30)26-24(8,9)10/h11-12,15-18H,13-14H2,1-10H3,(H,25,29)(H,26,30)/b12-11+/t17-,18-/m0/s1. The van der Waals surface area contributed by atoms with Crippen LogP contribution in [0.4, 0.5) is 9.59 Å². The van der Waals surface area contributed by atoms with E-state index in [4.69, 9.17) is 18.9 Å². The van der Waals surface area contributed by atoms with Crippen LogP contribution in [0.2, 0.25) is 0 Å². The normalized spacial score (nSPS) is 13.9. The van der Waals surface area contributed by atoms with Crippen LogP contribution in [0, 0.1) is 11.8 Å². The highest BCUT2D eigenvalue weighted by molar-refractivity contribution is 5.91. The molecule has 2 amide bonds. The molecular formula is C24H42N2O8. The van der Waals surface area contributed by atoms with Crippen molar-refractivity contribution in [3.05, 3.63) is 12.2 Å². The molecule has 0 aromatic carbocycles. The third kappa shape index (κ3) is 15.9. The largest absolute Gasteiger partial charge is 0.459 e. The van der Waals surface area contributed by atoms with Crippen molar-refractivity contribution in [2.45, 2.75) is 92.5 Å². The van der Waals surface area contributed by atoms with Gasteiger partial charge in [0.2, 0.25) is 0 Å². The topological polar surface area (TPSA) is 129 Å². The number of amides is 2. The molecule has 0 fully saturated rings. The molecule has 0 saturated heterocycles. The Kier molecular flexibility index (Phi) is 12.7. The molecular weight excluding hydrogens is 444 g/mol. The van der Waals surface area contributed by atoms with Crippen molar-refractivity contribution in [1.82, 2.24) is 10.6 Å². The minimum Gasteiger partial charge on any atom is -0.459 e. The van der Waals surface area contributed by atoms with Gasteiger partial charge >= 0.3 is 24.1 Å². The molecule has 0 radical (unpaired) electrons. The predicted octanol–water partition coefficient (Wildman–Crippen LogP) is 3.73. The molecule has 0 aliphatic rings. The maximum absolute atomic E-state index is 12.0. The maximum atomic E-state index is 12.0. The van der Waals surface area contributed by atoms with Crippen LogP contribution >= 0.6 is 0 Å². The number of nitrogens with one attached hydrogen (secondary N) is 2. The minimum atomic E-state index is -0.788. The summed E-state index contributed by atoms with van der Waals surface area (Å²) < 4.78 is 20.8. The summed E-state index contributed by atoms with van der Waals surface area (Å²) in [5, 5.41) is 5.35. The molecule has 0 rings (SSSR count). The second-order valence-electron chi connectivity index (χ2n) is 10.7. The van der Waals surface area contributed by atoms with Gasteiger partial charge in [0.05, 0.1) is 0 Å². The smallest absolute Gasteiger partial charge is 0.407 e. The fraction of sp³-hybridized carbons (Fsp3) is 0.750. The highest BCUT2D eigenvalue weighted by atomic mass is 16.6. The number of hydrogen-bond donors (Lipinski definition) is 2. The summed E-state index contributed by atoms with van der Waals surface area (Å²) in [5.74, 6) is -1.78. The van der Waals surface area contributed by atoms with E-state index < -0.39 is 47.4 Å². The van der Waals surface area contributed by atoms with E-state index in [-0.39, 0.29) is 25.0 Å².